The highest BCUT2D eigenvalue weighted by Gasteiger charge is 2.17. The van der Waals surface area contributed by atoms with Crippen LogP contribution in [0.15, 0.2) is 18.2 Å². The van der Waals surface area contributed by atoms with Crippen LogP contribution in [0.1, 0.15) is 25.3 Å². The zero-order chi connectivity index (χ0) is 15.8. The van der Waals surface area contributed by atoms with Crippen molar-refractivity contribution in [3.8, 4) is 11.5 Å². The second-order valence-electron chi connectivity index (χ2n) is 5.07. The van der Waals surface area contributed by atoms with Gasteiger partial charge in [0, 0.05) is 12.6 Å². The van der Waals surface area contributed by atoms with Crippen LogP contribution >= 0.6 is 0 Å². The van der Waals surface area contributed by atoms with Crippen molar-refractivity contribution >= 4 is 5.97 Å². The number of likely N-dealkylation sites (N-methyl/N-ethyl adjacent to an activating group) is 1. The van der Waals surface area contributed by atoms with Gasteiger partial charge in [-0.3, -0.25) is 4.79 Å². The number of carboxylic acid groups (broad SMARTS) is 1. The van der Waals surface area contributed by atoms with Crippen LogP contribution in [-0.4, -0.2) is 49.8 Å². The Morgan fingerprint density at radius 3 is 2.57 bits per heavy atom. The molecule has 5 nitrogen and oxygen atoms in total. The van der Waals surface area contributed by atoms with Crippen molar-refractivity contribution in [2.45, 2.75) is 32.2 Å². The Labute approximate surface area is 126 Å². The van der Waals surface area contributed by atoms with E-state index in [2.05, 4.69) is 11.8 Å². The van der Waals surface area contributed by atoms with Crippen LogP contribution in [-0.2, 0) is 11.2 Å². The van der Waals surface area contributed by atoms with Crippen molar-refractivity contribution in [3.63, 3.8) is 0 Å². The fourth-order valence-electron chi connectivity index (χ4n) is 2.36. The van der Waals surface area contributed by atoms with E-state index in [1.165, 1.54) is 0 Å². The summed E-state index contributed by atoms with van der Waals surface area (Å²) in [6.07, 6.45) is 1.89. The van der Waals surface area contributed by atoms with Gasteiger partial charge in [0.1, 0.15) is 11.5 Å². The van der Waals surface area contributed by atoms with Gasteiger partial charge in [-0.05, 0) is 43.7 Å². The summed E-state index contributed by atoms with van der Waals surface area (Å²) in [5, 5.41) is 8.79. The average molecular weight is 295 g/mol. The normalized spacial score (nSPS) is 12.2. The fraction of sp³-hybridized carbons (Fsp3) is 0.562. The quantitative estimate of drug-likeness (QED) is 0.758. The number of ether oxygens (including phenoxy) is 2. The molecule has 0 amide bonds. The lowest BCUT2D eigenvalue weighted by Gasteiger charge is -2.27. The number of carbonyl (C=O) groups is 1. The summed E-state index contributed by atoms with van der Waals surface area (Å²) >= 11 is 0. The minimum absolute atomic E-state index is 0.155. The molecule has 0 radical (unpaired) electrons. The third-order valence-corrected chi connectivity index (χ3v) is 3.72. The van der Waals surface area contributed by atoms with Crippen molar-refractivity contribution in [2.75, 3.05) is 27.8 Å². The van der Waals surface area contributed by atoms with Crippen molar-refractivity contribution in [1.29, 1.82) is 0 Å². The van der Waals surface area contributed by atoms with E-state index in [9.17, 15) is 4.79 Å². The van der Waals surface area contributed by atoms with E-state index in [-0.39, 0.29) is 12.5 Å². The lowest BCUT2D eigenvalue weighted by Crippen LogP contribution is -2.34. The van der Waals surface area contributed by atoms with E-state index in [1.807, 2.05) is 25.2 Å². The van der Waals surface area contributed by atoms with E-state index in [0.29, 0.717) is 6.54 Å². The Hall–Kier alpha value is -1.75. The molecule has 0 fully saturated rings. The summed E-state index contributed by atoms with van der Waals surface area (Å²) in [6, 6.07) is 6.02. The van der Waals surface area contributed by atoms with Gasteiger partial charge >= 0.3 is 5.97 Å². The third kappa shape index (κ3) is 5.27. The number of hydrogen-bond acceptors (Lipinski definition) is 4. The standard InChI is InChI=1S/C16H25NO4/c1-5-13(17(2)9-8-16(18)19)10-12-11-14(20-3)6-7-15(12)21-4/h6-7,11,13H,5,8-10H2,1-4H3,(H,18,19). The molecule has 0 saturated heterocycles. The summed E-state index contributed by atoms with van der Waals surface area (Å²) in [5.74, 6) is 0.866. The second-order valence-corrected chi connectivity index (χ2v) is 5.07. The van der Waals surface area contributed by atoms with Gasteiger partial charge in [0.25, 0.3) is 0 Å². The summed E-state index contributed by atoms with van der Waals surface area (Å²) in [6.45, 7) is 2.65. The molecule has 1 unspecified atom stereocenters. The lowest BCUT2D eigenvalue weighted by molar-refractivity contribution is -0.137. The molecule has 1 aromatic carbocycles. The van der Waals surface area contributed by atoms with Gasteiger partial charge < -0.3 is 19.5 Å². The zero-order valence-corrected chi connectivity index (χ0v) is 13.3. The number of carboxylic acids is 1. The lowest BCUT2D eigenvalue weighted by atomic mass is 10.0. The molecule has 0 aliphatic rings. The van der Waals surface area contributed by atoms with Gasteiger partial charge in [-0.1, -0.05) is 6.92 Å². The highest BCUT2D eigenvalue weighted by molar-refractivity contribution is 5.66. The first-order valence-electron chi connectivity index (χ1n) is 7.14. The maximum Gasteiger partial charge on any atom is 0.304 e. The Morgan fingerprint density at radius 2 is 2.05 bits per heavy atom. The molecule has 0 aliphatic heterocycles. The van der Waals surface area contributed by atoms with Gasteiger partial charge in [0.15, 0.2) is 0 Å². The SMILES string of the molecule is CCC(Cc1cc(OC)ccc1OC)N(C)CCC(=O)O. The van der Waals surface area contributed by atoms with Gasteiger partial charge in [-0.25, -0.2) is 0 Å². The number of rotatable bonds is 9. The number of methoxy groups -OCH3 is 2. The fourth-order valence-corrected chi connectivity index (χ4v) is 2.36. The Bertz CT molecular complexity index is 462. The highest BCUT2D eigenvalue weighted by Crippen LogP contribution is 2.26. The van der Waals surface area contributed by atoms with Crippen LogP contribution in [0.2, 0.25) is 0 Å². The van der Waals surface area contributed by atoms with Gasteiger partial charge in [0.05, 0.1) is 20.6 Å². The smallest absolute Gasteiger partial charge is 0.304 e. The summed E-state index contributed by atoms with van der Waals surface area (Å²) < 4.78 is 10.7. The molecule has 118 valence electrons. The number of nitrogens with zero attached hydrogens (tertiary/aromatic N) is 1. The first kappa shape index (κ1) is 17.3. The molecule has 0 saturated carbocycles. The van der Waals surface area contributed by atoms with Crippen LogP contribution in [0.5, 0.6) is 11.5 Å². The maximum absolute atomic E-state index is 10.7. The minimum Gasteiger partial charge on any atom is -0.497 e. The number of hydrogen-bond donors (Lipinski definition) is 1. The predicted molar refractivity (Wildman–Crippen MR) is 82.2 cm³/mol. The van der Waals surface area contributed by atoms with Crippen molar-refractivity contribution in [3.05, 3.63) is 23.8 Å². The van der Waals surface area contributed by atoms with E-state index in [1.54, 1.807) is 14.2 Å². The molecule has 0 aliphatic carbocycles. The molecular weight excluding hydrogens is 270 g/mol. The van der Waals surface area contributed by atoms with Crippen LogP contribution in [0.25, 0.3) is 0 Å². The molecule has 0 spiro atoms. The Morgan fingerprint density at radius 1 is 1.33 bits per heavy atom. The predicted octanol–water partition coefficient (Wildman–Crippen LogP) is 2.43. The van der Waals surface area contributed by atoms with Crippen LogP contribution in [0.4, 0.5) is 0 Å². The van der Waals surface area contributed by atoms with Crippen molar-refractivity contribution in [2.24, 2.45) is 0 Å². The molecule has 21 heavy (non-hydrogen) atoms. The van der Waals surface area contributed by atoms with Crippen molar-refractivity contribution < 1.29 is 19.4 Å². The molecule has 1 aromatic rings. The van der Waals surface area contributed by atoms with Crippen LogP contribution < -0.4 is 9.47 Å². The topological polar surface area (TPSA) is 59.0 Å². The maximum atomic E-state index is 10.7. The average Bonchev–Trinajstić information content (AvgIpc) is 2.49. The molecule has 0 heterocycles. The minimum atomic E-state index is -0.768. The zero-order valence-electron chi connectivity index (χ0n) is 13.3. The molecule has 1 rings (SSSR count). The van der Waals surface area contributed by atoms with Crippen LogP contribution in [0, 0.1) is 0 Å². The molecular formula is C16H25NO4. The van der Waals surface area contributed by atoms with E-state index >= 15 is 0 Å². The molecule has 1 atom stereocenters. The number of aliphatic carboxylic acids is 1. The van der Waals surface area contributed by atoms with E-state index < -0.39 is 5.97 Å². The largest absolute Gasteiger partial charge is 0.497 e. The summed E-state index contributed by atoms with van der Waals surface area (Å²) in [5.41, 5.74) is 1.07. The van der Waals surface area contributed by atoms with Gasteiger partial charge in [-0.15, -0.1) is 0 Å². The second kappa shape index (κ2) is 8.52. The van der Waals surface area contributed by atoms with Gasteiger partial charge in [0.2, 0.25) is 0 Å². The first-order valence-corrected chi connectivity index (χ1v) is 7.14. The molecule has 5 heteroatoms. The van der Waals surface area contributed by atoms with E-state index in [4.69, 9.17) is 14.6 Å². The molecule has 0 bridgehead atoms. The van der Waals surface area contributed by atoms with E-state index in [0.717, 1.165) is 29.9 Å². The summed E-state index contributed by atoms with van der Waals surface area (Å²) in [7, 11) is 5.26. The Kier molecular flexibility index (Phi) is 7.02. The third-order valence-electron chi connectivity index (χ3n) is 3.72. The summed E-state index contributed by atoms with van der Waals surface area (Å²) in [4.78, 5) is 12.8. The van der Waals surface area contributed by atoms with Crippen LogP contribution in [0.3, 0.4) is 0 Å². The Balaban J connectivity index is 2.82. The number of benzene rings is 1. The van der Waals surface area contributed by atoms with Gasteiger partial charge in [-0.2, -0.15) is 0 Å². The van der Waals surface area contributed by atoms with Crippen molar-refractivity contribution in [1.82, 2.24) is 4.90 Å². The monoisotopic (exact) mass is 295 g/mol. The first-order chi connectivity index (χ1) is 10.0. The molecule has 1 N–H and O–H groups in total. The highest BCUT2D eigenvalue weighted by atomic mass is 16.5. The molecule has 0 aromatic heterocycles.